The molecule has 0 spiro atoms. The molecular weight excluding hydrogens is 356 g/mol. The lowest BCUT2D eigenvalue weighted by Gasteiger charge is -2.08. The topological polar surface area (TPSA) is 70.7 Å². The van der Waals surface area contributed by atoms with Crippen LogP contribution in [0, 0.1) is 6.92 Å². The van der Waals surface area contributed by atoms with Gasteiger partial charge >= 0.3 is 0 Å². The molecule has 2 heterocycles. The fourth-order valence-corrected chi connectivity index (χ4v) is 2.76. The number of pyridine rings is 1. The van der Waals surface area contributed by atoms with E-state index in [1.54, 1.807) is 6.07 Å². The molecule has 0 aliphatic carbocycles. The third-order valence-corrected chi connectivity index (χ3v) is 4.10. The van der Waals surface area contributed by atoms with Gasteiger partial charge in [-0.05, 0) is 37.1 Å². The van der Waals surface area contributed by atoms with Crippen molar-refractivity contribution in [3.63, 3.8) is 0 Å². The average molecular weight is 373 g/mol. The normalized spacial score (nSPS) is 11.2. The molecule has 3 rings (SSSR count). The molecule has 0 fully saturated rings. The first-order valence-electron chi connectivity index (χ1n) is 7.37. The second-order valence-corrected chi connectivity index (χ2v) is 6.71. The summed E-state index contributed by atoms with van der Waals surface area (Å²) in [6.45, 7) is 6.01. The number of amides is 1. The average Bonchev–Trinajstić information content (AvgIpc) is 2.95. The maximum Gasteiger partial charge on any atom is 0.257 e. The first kappa shape index (κ1) is 15.7. The molecule has 0 saturated carbocycles. The molecule has 0 unspecified atom stereocenters. The van der Waals surface area contributed by atoms with Crippen molar-refractivity contribution in [3.8, 4) is 0 Å². The zero-order chi connectivity index (χ0) is 16.6. The molecule has 0 atom stereocenters. The number of rotatable bonds is 3. The molecule has 0 aliphatic rings. The molecule has 0 radical (unpaired) electrons. The van der Waals surface area contributed by atoms with Gasteiger partial charge in [0.05, 0.1) is 11.1 Å². The van der Waals surface area contributed by atoms with Gasteiger partial charge in [-0.25, -0.2) is 0 Å². The Morgan fingerprint density at radius 2 is 2.04 bits per heavy atom. The van der Waals surface area contributed by atoms with E-state index in [0.717, 1.165) is 26.8 Å². The highest BCUT2D eigenvalue weighted by atomic mass is 79.9. The summed E-state index contributed by atoms with van der Waals surface area (Å²) in [5.74, 6) is 0.657. The van der Waals surface area contributed by atoms with Crippen LogP contribution >= 0.6 is 15.9 Å². The summed E-state index contributed by atoms with van der Waals surface area (Å²) < 4.78 is 0.909. The van der Waals surface area contributed by atoms with Crippen LogP contribution in [0.5, 0.6) is 0 Å². The first-order chi connectivity index (χ1) is 10.9. The van der Waals surface area contributed by atoms with E-state index in [9.17, 15) is 4.79 Å². The first-order valence-corrected chi connectivity index (χ1v) is 8.17. The van der Waals surface area contributed by atoms with E-state index in [4.69, 9.17) is 0 Å². The lowest BCUT2D eigenvalue weighted by Crippen LogP contribution is -2.13. The van der Waals surface area contributed by atoms with E-state index in [1.807, 2.05) is 31.2 Å². The number of nitrogens with zero attached hydrogens (tertiary/aromatic N) is 2. The molecule has 0 saturated heterocycles. The summed E-state index contributed by atoms with van der Waals surface area (Å²) in [5.41, 5.74) is 3.17. The van der Waals surface area contributed by atoms with Crippen LogP contribution in [0.4, 0.5) is 5.82 Å². The third kappa shape index (κ3) is 3.27. The molecule has 2 aromatic heterocycles. The van der Waals surface area contributed by atoms with Crippen molar-refractivity contribution < 1.29 is 4.79 Å². The molecule has 0 bridgehead atoms. The number of carbonyl (C=O) groups excluding carboxylic acids is 1. The largest absolute Gasteiger partial charge is 0.305 e. The smallest absolute Gasteiger partial charge is 0.257 e. The number of hydrogen-bond donors (Lipinski definition) is 2. The number of anilines is 1. The van der Waals surface area contributed by atoms with E-state index >= 15 is 0 Å². The van der Waals surface area contributed by atoms with Gasteiger partial charge in [-0.15, -0.1) is 0 Å². The van der Waals surface area contributed by atoms with Crippen molar-refractivity contribution in [2.75, 3.05) is 5.32 Å². The van der Waals surface area contributed by atoms with Crippen molar-refractivity contribution in [3.05, 3.63) is 51.8 Å². The summed E-state index contributed by atoms with van der Waals surface area (Å²) >= 11 is 3.44. The summed E-state index contributed by atoms with van der Waals surface area (Å²) in [4.78, 5) is 17.1. The second-order valence-electron chi connectivity index (χ2n) is 5.79. The van der Waals surface area contributed by atoms with Crippen molar-refractivity contribution >= 4 is 38.6 Å². The van der Waals surface area contributed by atoms with E-state index in [0.29, 0.717) is 17.3 Å². The molecule has 23 heavy (non-hydrogen) atoms. The van der Waals surface area contributed by atoms with Gasteiger partial charge in [0.25, 0.3) is 5.91 Å². The number of fused-ring (bicyclic) bond motifs is 1. The Bertz CT molecular complexity index is 885. The summed E-state index contributed by atoms with van der Waals surface area (Å²) in [6.07, 6.45) is 0. The quantitative estimate of drug-likeness (QED) is 0.715. The standard InChI is InChI=1S/C17H17BrN4O/c1-9(2)15-8-16(22-21-15)20-17(23)13-6-10(3)19-14-5-4-11(18)7-12(13)14/h4-9H,1-3H3,(H2,20,21,22,23). The van der Waals surface area contributed by atoms with Crippen LogP contribution in [0.2, 0.25) is 0 Å². The number of nitrogens with one attached hydrogen (secondary N) is 2. The van der Waals surface area contributed by atoms with Crippen molar-refractivity contribution in [1.29, 1.82) is 0 Å². The minimum atomic E-state index is -0.194. The lowest BCUT2D eigenvalue weighted by molar-refractivity contribution is 0.102. The summed E-state index contributed by atoms with van der Waals surface area (Å²) in [7, 11) is 0. The molecule has 0 aliphatic heterocycles. The minimum Gasteiger partial charge on any atom is -0.305 e. The van der Waals surface area contributed by atoms with Gasteiger partial charge in [-0.3, -0.25) is 14.9 Å². The molecule has 3 aromatic rings. The Morgan fingerprint density at radius 3 is 2.74 bits per heavy atom. The van der Waals surface area contributed by atoms with Crippen LogP contribution in [0.3, 0.4) is 0 Å². The maximum absolute atomic E-state index is 12.7. The van der Waals surface area contributed by atoms with Crippen molar-refractivity contribution in [1.82, 2.24) is 15.2 Å². The molecular formula is C17H17BrN4O. The highest BCUT2D eigenvalue weighted by Gasteiger charge is 2.14. The number of aromatic nitrogens is 3. The number of aromatic amines is 1. The predicted octanol–water partition coefficient (Wildman–Crippen LogP) is 4.40. The molecule has 6 heteroatoms. The Kier molecular flexibility index (Phi) is 4.17. The number of benzene rings is 1. The zero-order valence-electron chi connectivity index (χ0n) is 13.1. The fourth-order valence-electron chi connectivity index (χ4n) is 2.40. The van der Waals surface area contributed by atoms with E-state index < -0.39 is 0 Å². The number of H-pyrrole nitrogens is 1. The van der Waals surface area contributed by atoms with E-state index in [-0.39, 0.29) is 5.91 Å². The number of hydrogen-bond acceptors (Lipinski definition) is 3. The van der Waals surface area contributed by atoms with Crippen molar-refractivity contribution in [2.45, 2.75) is 26.7 Å². The zero-order valence-corrected chi connectivity index (χ0v) is 14.7. The van der Waals surface area contributed by atoms with Crippen LogP contribution in [0.15, 0.2) is 34.8 Å². The van der Waals surface area contributed by atoms with Crippen LogP contribution in [-0.2, 0) is 0 Å². The highest BCUT2D eigenvalue weighted by Crippen LogP contribution is 2.24. The third-order valence-electron chi connectivity index (χ3n) is 3.60. The second kappa shape index (κ2) is 6.12. The molecule has 118 valence electrons. The molecule has 2 N–H and O–H groups in total. The van der Waals surface area contributed by atoms with Gasteiger partial charge in [0.1, 0.15) is 0 Å². The number of aryl methyl sites for hydroxylation is 1. The van der Waals surface area contributed by atoms with Crippen LogP contribution in [0.1, 0.15) is 41.5 Å². The highest BCUT2D eigenvalue weighted by molar-refractivity contribution is 9.10. The minimum absolute atomic E-state index is 0.194. The van der Waals surface area contributed by atoms with Gasteiger partial charge in [0.15, 0.2) is 5.82 Å². The molecule has 5 nitrogen and oxygen atoms in total. The van der Waals surface area contributed by atoms with Crippen LogP contribution < -0.4 is 5.32 Å². The van der Waals surface area contributed by atoms with Gasteiger partial charge < -0.3 is 5.32 Å². The predicted molar refractivity (Wildman–Crippen MR) is 94.8 cm³/mol. The Labute approximate surface area is 142 Å². The fraction of sp³-hybridized carbons (Fsp3) is 0.235. The summed E-state index contributed by atoms with van der Waals surface area (Å²) in [5, 5.41) is 10.7. The Balaban J connectivity index is 1.98. The van der Waals surface area contributed by atoms with Gasteiger partial charge in [0.2, 0.25) is 0 Å². The SMILES string of the molecule is Cc1cc(C(=O)Nc2cc(C(C)C)[nH]n2)c2cc(Br)ccc2n1. The van der Waals surface area contributed by atoms with Crippen molar-refractivity contribution in [2.24, 2.45) is 0 Å². The van der Waals surface area contributed by atoms with Gasteiger partial charge in [0, 0.05) is 27.3 Å². The van der Waals surface area contributed by atoms with Gasteiger partial charge in [-0.1, -0.05) is 29.8 Å². The van der Waals surface area contributed by atoms with E-state index in [1.165, 1.54) is 0 Å². The lowest BCUT2D eigenvalue weighted by atomic mass is 10.1. The molecule has 1 amide bonds. The number of carbonyl (C=O) groups is 1. The molecule has 1 aromatic carbocycles. The van der Waals surface area contributed by atoms with E-state index in [2.05, 4.69) is 50.3 Å². The Morgan fingerprint density at radius 1 is 1.26 bits per heavy atom. The Hall–Kier alpha value is -2.21. The van der Waals surface area contributed by atoms with Crippen LogP contribution in [-0.4, -0.2) is 21.1 Å². The maximum atomic E-state index is 12.7. The number of halogens is 1. The summed E-state index contributed by atoms with van der Waals surface area (Å²) in [6, 6.07) is 9.36. The van der Waals surface area contributed by atoms with Gasteiger partial charge in [-0.2, -0.15) is 5.10 Å². The monoisotopic (exact) mass is 372 g/mol. The van der Waals surface area contributed by atoms with Crippen LogP contribution in [0.25, 0.3) is 10.9 Å².